The number of hydrogen-bond acceptors (Lipinski definition) is 5. The van der Waals surface area contributed by atoms with Gasteiger partial charge in [0.2, 0.25) is 0 Å². The number of ether oxygens (including phenoxy) is 1. The van der Waals surface area contributed by atoms with Gasteiger partial charge in [0.15, 0.2) is 11.8 Å². The summed E-state index contributed by atoms with van der Waals surface area (Å²) in [6.45, 7) is 4.23. The van der Waals surface area contributed by atoms with Crippen LogP contribution in [0.2, 0.25) is 0 Å². The van der Waals surface area contributed by atoms with Gasteiger partial charge in [0.25, 0.3) is 0 Å². The number of aromatic amines is 1. The molecule has 0 atom stereocenters. The van der Waals surface area contributed by atoms with E-state index < -0.39 is 0 Å². The zero-order chi connectivity index (χ0) is 19.8. The number of hydrogen-bond donors (Lipinski definition) is 2. The minimum absolute atomic E-state index is 0. The highest BCUT2D eigenvalue weighted by Crippen LogP contribution is 2.19. The first-order valence-corrected chi connectivity index (χ1v) is 10.1. The molecule has 0 saturated heterocycles. The van der Waals surface area contributed by atoms with Crippen molar-refractivity contribution < 1.29 is 4.74 Å². The van der Waals surface area contributed by atoms with Crippen LogP contribution in [0.1, 0.15) is 17.6 Å². The van der Waals surface area contributed by atoms with Crippen LogP contribution in [0.15, 0.2) is 46.8 Å². The minimum Gasteiger partial charge on any atom is -0.497 e. The van der Waals surface area contributed by atoms with E-state index in [9.17, 15) is 0 Å². The number of rotatable bonds is 8. The Balaban J connectivity index is 0.00000300. The number of guanidine groups is 1. The third-order valence-electron chi connectivity index (χ3n) is 4.23. The molecule has 0 amide bonds. The van der Waals surface area contributed by atoms with Gasteiger partial charge in [-0.2, -0.15) is 5.10 Å². The molecule has 3 aromatic rings. The Kier molecular flexibility index (Phi) is 9.39. The Morgan fingerprint density at radius 2 is 2.07 bits per heavy atom. The van der Waals surface area contributed by atoms with E-state index in [4.69, 9.17) is 9.73 Å². The van der Waals surface area contributed by atoms with E-state index in [0.717, 1.165) is 42.6 Å². The van der Waals surface area contributed by atoms with Crippen molar-refractivity contribution in [3.63, 3.8) is 0 Å². The van der Waals surface area contributed by atoms with Crippen LogP contribution in [0.5, 0.6) is 5.75 Å². The number of benzene rings is 1. The van der Waals surface area contributed by atoms with Gasteiger partial charge in [-0.1, -0.05) is 6.07 Å². The van der Waals surface area contributed by atoms with Gasteiger partial charge >= 0.3 is 0 Å². The van der Waals surface area contributed by atoms with Crippen LogP contribution in [0.25, 0.3) is 11.4 Å². The summed E-state index contributed by atoms with van der Waals surface area (Å²) in [4.78, 5) is 12.8. The number of nitrogens with one attached hydrogen (secondary N) is 2. The molecule has 0 spiro atoms. The number of aromatic nitrogens is 3. The summed E-state index contributed by atoms with van der Waals surface area (Å²) in [6.07, 6.45) is 1.00. The number of H-pyrrole nitrogens is 1. The third-order valence-corrected chi connectivity index (χ3v) is 5.16. The maximum absolute atomic E-state index is 5.19. The van der Waals surface area contributed by atoms with Crippen LogP contribution >= 0.6 is 35.3 Å². The van der Waals surface area contributed by atoms with E-state index in [2.05, 4.69) is 56.9 Å². The molecule has 2 N–H and O–H groups in total. The van der Waals surface area contributed by atoms with Crippen molar-refractivity contribution in [2.24, 2.45) is 4.99 Å². The minimum atomic E-state index is 0. The largest absolute Gasteiger partial charge is 0.497 e. The molecule has 156 valence electrons. The van der Waals surface area contributed by atoms with Crippen LogP contribution in [0.4, 0.5) is 0 Å². The van der Waals surface area contributed by atoms with E-state index in [1.54, 1.807) is 18.4 Å². The van der Waals surface area contributed by atoms with Gasteiger partial charge in [-0.25, -0.2) is 9.98 Å². The number of thiophene rings is 1. The maximum atomic E-state index is 5.19. The lowest BCUT2D eigenvalue weighted by Crippen LogP contribution is -2.39. The van der Waals surface area contributed by atoms with Crippen LogP contribution < -0.4 is 10.1 Å². The summed E-state index contributed by atoms with van der Waals surface area (Å²) >= 11 is 1.79. The first-order chi connectivity index (χ1) is 13.7. The number of methoxy groups -OCH3 is 1. The molecule has 0 unspecified atom stereocenters. The lowest BCUT2D eigenvalue weighted by molar-refractivity contribution is 0.415. The smallest absolute Gasteiger partial charge is 0.194 e. The topological polar surface area (TPSA) is 78.4 Å². The van der Waals surface area contributed by atoms with Crippen molar-refractivity contribution in [1.82, 2.24) is 25.4 Å². The van der Waals surface area contributed by atoms with Gasteiger partial charge in [0, 0.05) is 30.6 Å². The fourth-order valence-electron chi connectivity index (χ4n) is 2.69. The zero-order valence-electron chi connectivity index (χ0n) is 16.9. The van der Waals surface area contributed by atoms with Crippen LogP contribution in [-0.4, -0.2) is 53.3 Å². The second-order valence-corrected chi connectivity index (χ2v) is 7.29. The van der Waals surface area contributed by atoms with E-state index in [1.165, 1.54) is 4.88 Å². The molecular formula is C20H27IN6OS. The molecule has 29 heavy (non-hydrogen) atoms. The van der Waals surface area contributed by atoms with Crippen LogP contribution in [0, 0.1) is 0 Å². The highest BCUT2D eigenvalue weighted by atomic mass is 127. The summed E-state index contributed by atoms with van der Waals surface area (Å²) < 4.78 is 5.19. The molecule has 2 heterocycles. The van der Waals surface area contributed by atoms with E-state index >= 15 is 0 Å². The Hall–Kier alpha value is -2.14. The predicted molar refractivity (Wildman–Crippen MR) is 129 cm³/mol. The fraction of sp³-hybridized carbons (Fsp3) is 0.350. The summed E-state index contributed by atoms with van der Waals surface area (Å²) in [5, 5.41) is 12.7. The molecule has 7 nitrogen and oxygen atoms in total. The molecule has 0 saturated carbocycles. The average Bonchev–Trinajstić information content (AvgIpc) is 3.41. The summed E-state index contributed by atoms with van der Waals surface area (Å²) in [5.41, 5.74) is 0.937. The van der Waals surface area contributed by atoms with Crippen LogP contribution in [0.3, 0.4) is 0 Å². The lowest BCUT2D eigenvalue weighted by atomic mass is 10.2. The van der Waals surface area contributed by atoms with Gasteiger partial charge in [-0.3, -0.25) is 5.10 Å². The molecule has 0 bridgehead atoms. The molecule has 0 aliphatic rings. The summed E-state index contributed by atoms with van der Waals surface area (Å²) in [7, 11) is 3.70. The van der Waals surface area contributed by atoms with Crippen molar-refractivity contribution in [2.45, 2.75) is 19.9 Å². The average molecular weight is 526 g/mol. The molecule has 0 aliphatic heterocycles. The van der Waals surface area contributed by atoms with Crippen molar-refractivity contribution in [3.8, 4) is 17.1 Å². The van der Waals surface area contributed by atoms with Gasteiger partial charge < -0.3 is 15.0 Å². The van der Waals surface area contributed by atoms with Crippen molar-refractivity contribution in [3.05, 3.63) is 52.5 Å². The van der Waals surface area contributed by atoms with Crippen molar-refractivity contribution >= 4 is 41.3 Å². The molecule has 0 aliphatic carbocycles. The van der Waals surface area contributed by atoms with Crippen molar-refractivity contribution in [2.75, 3.05) is 27.2 Å². The predicted octanol–water partition coefficient (Wildman–Crippen LogP) is 3.80. The maximum Gasteiger partial charge on any atom is 0.194 e. The second kappa shape index (κ2) is 11.8. The Bertz CT molecular complexity index is 879. The molecule has 9 heteroatoms. The van der Waals surface area contributed by atoms with Crippen molar-refractivity contribution in [1.29, 1.82) is 0 Å². The highest BCUT2D eigenvalue weighted by Gasteiger charge is 2.09. The first kappa shape index (κ1) is 23.1. The van der Waals surface area contributed by atoms with E-state index in [0.29, 0.717) is 12.4 Å². The second-order valence-electron chi connectivity index (χ2n) is 6.26. The van der Waals surface area contributed by atoms with Gasteiger partial charge in [0.1, 0.15) is 18.1 Å². The normalized spacial score (nSPS) is 11.1. The molecule has 0 radical (unpaired) electrons. The first-order valence-electron chi connectivity index (χ1n) is 9.27. The lowest BCUT2D eigenvalue weighted by Gasteiger charge is -2.21. The number of halogens is 1. The molecule has 1 aromatic carbocycles. The molecule has 0 fully saturated rings. The Morgan fingerprint density at radius 3 is 2.72 bits per heavy atom. The highest BCUT2D eigenvalue weighted by molar-refractivity contribution is 14.0. The SMILES string of the molecule is CCNC(=NCc1nc(-c2ccc(OC)cc2)n[nH]1)N(C)CCc1cccs1.I. The fourth-order valence-corrected chi connectivity index (χ4v) is 3.39. The summed E-state index contributed by atoms with van der Waals surface area (Å²) in [5.74, 6) is 3.06. The van der Waals surface area contributed by atoms with Crippen LogP contribution in [-0.2, 0) is 13.0 Å². The van der Waals surface area contributed by atoms with E-state index in [1.807, 2.05) is 24.3 Å². The molecule has 2 aromatic heterocycles. The van der Waals surface area contributed by atoms with E-state index in [-0.39, 0.29) is 24.0 Å². The standard InChI is InChI=1S/C20H26N6OS.HI/c1-4-21-20(26(2)12-11-17-6-5-13-28-17)22-14-18-23-19(25-24-18)15-7-9-16(27-3)10-8-15;/h5-10,13H,4,11-12,14H2,1-3H3,(H,21,22)(H,23,24,25);1H. The van der Waals surface area contributed by atoms with Gasteiger partial charge in [-0.15, -0.1) is 35.3 Å². The summed E-state index contributed by atoms with van der Waals surface area (Å²) in [6, 6.07) is 11.9. The number of likely N-dealkylation sites (N-methyl/N-ethyl adjacent to an activating group) is 1. The zero-order valence-corrected chi connectivity index (χ0v) is 20.0. The Labute approximate surface area is 192 Å². The third kappa shape index (κ3) is 6.70. The Morgan fingerprint density at radius 1 is 1.28 bits per heavy atom. The number of aliphatic imine (C=N–C) groups is 1. The number of nitrogens with zero attached hydrogens (tertiary/aromatic N) is 4. The monoisotopic (exact) mass is 526 g/mol. The molecule has 3 rings (SSSR count). The molecular weight excluding hydrogens is 499 g/mol. The van der Waals surface area contributed by atoms with Gasteiger partial charge in [-0.05, 0) is 49.1 Å². The quantitative estimate of drug-likeness (QED) is 0.265. The van der Waals surface area contributed by atoms with Gasteiger partial charge in [0.05, 0.1) is 7.11 Å².